The number of hydrogen-bond donors (Lipinski definition) is 0. The zero-order chi connectivity index (χ0) is 12.8. The molecule has 0 aliphatic heterocycles. The molecule has 0 N–H and O–H groups in total. The number of carbonyl (C=O) groups excluding carboxylic acids is 1. The van der Waals surface area contributed by atoms with Gasteiger partial charge in [-0.05, 0) is 28.1 Å². The predicted molar refractivity (Wildman–Crippen MR) is 64.5 cm³/mol. The second kappa shape index (κ2) is 6.46. The van der Waals surface area contributed by atoms with Crippen molar-refractivity contribution in [1.82, 2.24) is 0 Å². The molecule has 0 unspecified atom stereocenters. The van der Waals surface area contributed by atoms with E-state index in [2.05, 4.69) is 20.7 Å². The molecule has 1 rings (SSSR count). The molecule has 0 spiro atoms. The van der Waals surface area contributed by atoms with Gasteiger partial charge in [0.05, 0.1) is 24.3 Å². The fraction of sp³-hybridized carbons (Fsp3) is 0.364. The highest BCUT2D eigenvalue weighted by Gasteiger charge is 2.15. The summed E-state index contributed by atoms with van der Waals surface area (Å²) in [5.74, 6) is 0.459. The number of rotatable bonds is 5. The summed E-state index contributed by atoms with van der Waals surface area (Å²) in [4.78, 5) is 11.4. The standard InChI is InChI=1S/C11H13BrO5/c1-14-6-17-10-8(12)4-7(11(13)16-3)5-9(10)15-2/h4-5H,6H2,1-3H3. The van der Waals surface area contributed by atoms with Gasteiger partial charge in [0.25, 0.3) is 0 Å². The molecule has 0 heterocycles. The van der Waals surface area contributed by atoms with E-state index in [1.54, 1.807) is 12.1 Å². The number of halogens is 1. The van der Waals surface area contributed by atoms with Crippen molar-refractivity contribution in [2.75, 3.05) is 28.1 Å². The van der Waals surface area contributed by atoms with E-state index in [0.717, 1.165) is 0 Å². The Balaban J connectivity index is 3.11. The molecule has 0 saturated carbocycles. The van der Waals surface area contributed by atoms with Crippen LogP contribution in [0.3, 0.4) is 0 Å². The Bertz CT molecular complexity index is 405. The molecule has 0 bridgehead atoms. The minimum Gasteiger partial charge on any atom is -0.493 e. The highest BCUT2D eigenvalue weighted by molar-refractivity contribution is 9.10. The topological polar surface area (TPSA) is 54.0 Å². The number of ether oxygens (including phenoxy) is 4. The van der Waals surface area contributed by atoms with Gasteiger partial charge in [0.2, 0.25) is 0 Å². The highest BCUT2D eigenvalue weighted by atomic mass is 79.9. The van der Waals surface area contributed by atoms with E-state index >= 15 is 0 Å². The largest absolute Gasteiger partial charge is 0.493 e. The van der Waals surface area contributed by atoms with Gasteiger partial charge >= 0.3 is 5.97 Å². The molecule has 5 nitrogen and oxygen atoms in total. The lowest BCUT2D eigenvalue weighted by molar-refractivity contribution is 0.0485. The molecule has 0 radical (unpaired) electrons. The van der Waals surface area contributed by atoms with Crippen LogP contribution in [0.5, 0.6) is 11.5 Å². The van der Waals surface area contributed by atoms with Crippen molar-refractivity contribution in [2.45, 2.75) is 0 Å². The Morgan fingerprint density at radius 2 is 2.00 bits per heavy atom. The molecule has 1 aromatic carbocycles. The zero-order valence-electron chi connectivity index (χ0n) is 9.78. The van der Waals surface area contributed by atoms with Crippen LogP contribution in [0.2, 0.25) is 0 Å². The van der Waals surface area contributed by atoms with Gasteiger partial charge in [-0.3, -0.25) is 0 Å². The van der Waals surface area contributed by atoms with E-state index in [4.69, 9.17) is 14.2 Å². The number of hydrogen-bond acceptors (Lipinski definition) is 5. The number of esters is 1. The van der Waals surface area contributed by atoms with E-state index in [9.17, 15) is 4.79 Å². The number of carbonyl (C=O) groups is 1. The molecule has 0 aliphatic rings. The smallest absolute Gasteiger partial charge is 0.338 e. The van der Waals surface area contributed by atoms with Crippen molar-refractivity contribution < 1.29 is 23.7 Å². The molecule has 0 atom stereocenters. The second-order valence-corrected chi connectivity index (χ2v) is 3.89. The molecule has 17 heavy (non-hydrogen) atoms. The van der Waals surface area contributed by atoms with Gasteiger partial charge in [-0.2, -0.15) is 0 Å². The monoisotopic (exact) mass is 304 g/mol. The Kier molecular flexibility index (Phi) is 5.24. The van der Waals surface area contributed by atoms with Crippen LogP contribution < -0.4 is 9.47 Å². The maximum atomic E-state index is 11.4. The maximum Gasteiger partial charge on any atom is 0.338 e. The Morgan fingerprint density at radius 1 is 1.29 bits per heavy atom. The van der Waals surface area contributed by atoms with Crippen molar-refractivity contribution >= 4 is 21.9 Å². The molecular weight excluding hydrogens is 292 g/mol. The lowest BCUT2D eigenvalue weighted by Crippen LogP contribution is -2.05. The quantitative estimate of drug-likeness (QED) is 0.617. The molecule has 0 aliphatic carbocycles. The minimum absolute atomic E-state index is 0.0898. The van der Waals surface area contributed by atoms with Crippen LogP contribution in [0, 0.1) is 0 Å². The van der Waals surface area contributed by atoms with Gasteiger partial charge in [-0.1, -0.05) is 0 Å². The summed E-state index contributed by atoms with van der Waals surface area (Å²) in [6.07, 6.45) is 0. The lowest BCUT2D eigenvalue weighted by Gasteiger charge is -2.13. The first kappa shape index (κ1) is 13.8. The van der Waals surface area contributed by atoms with Gasteiger partial charge in [-0.25, -0.2) is 4.79 Å². The summed E-state index contributed by atoms with van der Waals surface area (Å²) in [5.41, 5.74) is 0.376. The van der Waals surface area contributed by atoms with Crippen LogP contribution in [0.1, 0.15) is 10.4 Å². The molecule has 1 aromatic rings. The Morgan fingerprint density at radius 3 is 2.53 bits per heavy atom. The molecule has 0 amide bonds. The third-order valence-corrected chi connectivity index (χ3v) is 2.56. The zero-order valence-corrected chi connectivity index (χ0v) is 11.4. The van der Waals surface area contributed by atoms with Crippen molar-refractivity contribution in [3.8, 4) is 11.5 Å². The van der Waals surface area contributed by atoms with Crippen LogP contribution in [-0.2, 0) is 9.47 Å². The fourth-order valence-corrected chi connectivity index (χ4v) is 1.77. The van der Waals surface area contributed by atoms with Crippen molar-refractivity contribution in [3.05, 3.63) is 22.2 Å². The maximum absolute atomic E-state index is 11.4. The molecule has 94 valence electrons. The number of methoxy groups -OCH3 is 3. The van der Waals surface area contributed by atoms with Gasteiger partial charge in [0, 0.05) is 7.11 Å². The highest BCUT2D eigenvalue weighted by Crippen LogP contribution is 2.36. The van der Waals surface area contributed by atoms with Gasteiger partial charge in [0.1, 0.15) is 0 Å². The molecule has 6 heteroatoms. The predicted octanol–water partition coefficient (Wildman–Crippen LogP) is 2.23. The molecule has 0 saturated heterocycles. The molecular formula is C11H13BrO5. The third kappa shape index (κ3) is 3.34. The van der Waals surface area contributed by atoms with Crippen molar-refractivity contribution in [2.24, 2.45) is 0 Å². The van der Waals surface area contributed by atoms with E-state index in [1.807, 2.05) is 0 Å². The first-order valence-electron chi connectivity index (χ1n) is 4.71. The van der Waals surface area contributed by atoms with E-state index in [1.165, 1.54) is 21.3 Å². The Labute approximate surface area is 108 Å². The van der Waals surface area contributed by atoms with E-state index in [0.29, 0.717) is 21.5 Å². The third-order valence-electron chi connectivity index (χ3n) is 1.97. The first-order chi connectivity index (χ1) is 8.13. The van der Waals surface area contributed by atoms with Crippen LogP contribution in [0.15, 0.2) is 16.6 Å². The van der Waals surface area contributed by atoms with Crippen LogP contribution >= 0.6 is 15.9 Å². The second-order valence-electron chi connectivity index (χ2n) is 3.03. The summed E-state index contributed by atoms with van der Waals surface area (Å²) >= 11 is 3.30. The average molecular weight is 305 g/mol. The average Bonchev–Trinajstić information content (AvgIpc) is 2.35. The van der Waals surface area contributed by atoms with Crippen LogP contribution in [-0.4, -0.2) is 34.1 Å². The van der Waals surface area contributed by atoms with Gasteiger partial charge < -0.3 is 18.9 Å². The summed E-state index contributed by atoms with van der Waals surface area (Å²) in [7, 11) is 4.32. The lowest BCUT2D eigenvalue weighted by atomic mass is 10.2. The summed E-state index contributed by atoms with van der Waals surface area (Å²) < 4.78 is 20.5. The van der Waals surface area contributed by atoms with Crippen LogP contribution in [0.25, 0.3) is 0 Å². The molecule has 0 aromatic heterocycles. The summed E-state index contributed by atoms with van der Waals surface area (Å²) in [5, 5.41) is 0. The van der Waals surface area contributed by atoms with E-state index in [-0.39, 0.29) is 6.79 Å². The fourth-order valence-electron chi connectivity index (χ4n) is 1.21. The minimum atomic E-state index is -0.442. The van der Waals surface area contributed by atoms with Gasteiger partial charge in [0.15, 0.2) is 18.3 Å². The SMILES string of the molecule is COCOc1c(Br)cc(C(=O)OC)cc1OC. The summed E-state index contributed by atoms with van der Waals surface area (Å²) in [6.45, 7) is 0.0898. The first-order valence-corrected chi connectivity index (χ1v) is 5.51. The summed E-state index contributed by atoms with van der Waals surface area (Å²) in [6, 6.07) is 3.14. The normalized spacial score (nSPS) is 9.88. The molecule has 0 fully saturated rings. The van der Waals surface area contributed by atoms with Crippen molar-refractivity contribution in [1.29, 1.82) is 0 Å². The van der Waals surface area contributed by atoms with Crippen molar-refractivity contribution in [3.63, 3.8) is 0 Å². The van der Waals surface area contributed by atoms with Crippen LogP contribution in [0.4, 0.5) is 0 Å². The number of benzene rings is 1. The van der Waals surface area contributed by atoms with E-state index < -0.39 is 5.97 Å². The van der Waals surface area contributed by atoms with Gasteiger partial charge in [-0.15, -0.1) is 0 Å². The Hall–Kier alpha value is -1.27.